The van der Waals surface area contributed by atoms with Crippen LogP contribution in [0.2, 0.25) is 0 Å². The number of alkyl carbamates (subject to hydrolysis) is 1. The lowest BCUT2D eigenvalue weighted by Gasteiger charge is -2.35. The average molecular weight is 579 g/mol. The van der Waals surface area contributed by atoms with Gasteiger partial charge in [0.2, 0.25) is 11.8 Å². The first-order valence-corrected chi connectivity index (χ1v) is 15.2. The smallest absolute Gasteiger partial charge is 0.408 e. The molecule has 0 aromatic heterocycles. The quantitative estimate of drug-likeness (QED) is 0.432. The minimum absolute atomic E-state index is 0.0721. The summed E-state index contributed by atoms with van der Waals surface area (Å²) in [4.78, 5) is 66.3. The zero-order chi connectivity index (χ0) is 30.5. The molecule has 0 spiro atoms. The molecule has 6 atom stereocenters. The maximum atomic E-state index is 14.0. The maximum absolute atomic E-state index is 14.0. The lowest BCUT2D eigenvalue weighted by molar-refractivity contribution is -0.155. The second-order valence-corrected chi connectivity index (χ2v) is 13.5. The molecular formula is C30H50N4O7. The molecule has 1 saturated carbocycles. The van der Waals surface area contributed by atoms with E-state index in [1.807, 2.05) is 0 Å². The number of carbonyl (C=O) groups excluding carboxylic acids is 5. The number of primary amides is 1. The second kappa shape index (κ2) is 13.4. The summed E-state index contributed by atoms with van der Waals surface area (Å²) in [7, 11) is 0. The van der Waals surface area contributed by atoms with Gasteiger partial charge in [-0.05, 0) is 50.9 Å². The van der Waals surface area contributed by atoms with Gasteiger partial charge in [-0.1, -0.05) is 65.2 Å². The van der Waals surface area contributed by atoms with Gasteiger partial charge in [0.05, 0.1) is 6.04 Å². The van der Waals surface area contributed by atoms with E-state index in [0.29, 0.717) is 19.4 Å². The van der Waals surface area contributed by atoms with Crippen LogP contribution in [-0.4, -0.2) is 71.1 Å². The van der Waals surface area contributed by atoms with Crippen LogP contribution in [0.25, 0.3) is 0 Å². The fraction of sp³-hybridized carbons (Fsp3) is 0.833. The molecule has 3 fully saturated rings. The molecule has 2 heterocycles. The topological polar surface area (TPSA) is 157 Å². The van der Waals surface area contributed by atoms with Crippen molar-refractivity contribution in [3.63, 3.8) is 0 Å². The summed E-state index contributed by atoms with van der Waals surface area (Å²) in [5, 5.41) is 5.72. The second-order valence-electron chi connectivity index (χ2n) is 13.5. The van der Waals surface area contributed by atoms with Crippen molar-refractivity contribution in [3.8, 4) is 0 Å². The van der Waals surface area contributed by atoms with Crippen molar-refractivity contribution in [3.05, 3.63) is 0 Å². The Hall–Kier alpha value is -2.85. The predicted molar refractivity (Wildman–Crippen MR) is 152 cm³/mol. The summed E-state index contributed by atoms with van der Waals surface area (Å²) >= 11 is 0. The van der Waals surface area contributed by atoms with Crippen LogP contribution in [0, 0.1) is 17.3 Å². The van der Waals surface area contributed by atoms with Gasteiger partial charge in [0.1, 0.15) is 17.7 Å². The van der Waals surface area contributed by atoms with E-state index < -0.39 is 53.7 Å². The first-order valence-electron chi connectivity index (χ1n) is 15.2. The molecule has 3 rings (SSSR count). The third-order valence-electron chi connectivity index (χ3n) is 8.77. The molecule has 2 aliphatic heterocycles. The number of rotatable bonds is 4. The van der Waals surface area contributed by atoms with Crippen LogP contribution in [0.15, 0.2) is 0 Å². The molecule has 0 bridgehead atoms. The molecule has 0 radical (unpaired) electrons. The molecule has 11 heteroatoms. The zero-order valence-corrected chi connectivity index (χ0v) is 25.6. The Morgan fingerprint density at radius 3 is 2.10 bits per heavy atom. The number of esters is 1. The van der Waals surface area contributed by atoms with Crippen molar-refractivity contribution in [1.82, 2.24) is 15.5 Å². The summed E-state index contributed by atoms with van der Waals surface area (Å²) < 4.78 is 10.7. The van der Waals surface area contributed by atoms with E-state index in [4.69, 9.17) is 15.2 Å². The van der Waals surface area contributed by atoms with Gasteiger partial charge < -0.3 is 30.7 Å². The standard InChI is InChI=1S/C30H50N4O7/c1-18(35)40-24(25(31)36)20-15-13-11-9-7-8-10-12-14-16-21(33-28(39)41-29(2,3)4)27(38)34-17-19-22(30(19,5)6)23(34)26(37)32-20/h19-24H,7-17H2,1-6H3,(H2,31,36)(H,32,37)(H,33,39)/t19-,20-,21-,22-,23-,24?/m0/s1. The number of fused-ring (bicyclic) bond motifs is 3. The van der Waals surface area contributed by atoms with Crippen LogP contribution >= 0.6 is 0 Å². The van der Waals surface area contributed by atoms with E-state index in [0.717, 1.165) is 51.4 Å². The largest absolute Gasteiger partial charge is 0.450 e. The van der Waals surface area contributed by atoms with Crippen LogP contribution in [-0.2, 0) is 28.7 Å². The Labute approximate surface area is 244 Å². The van der Waals surface area contributed by atoms with Crippen LogP contribution in [0.5, 0.6) is 0 Å². The normalized spacial score (nSPS) is 30.1. The van der Waals surface area contributed by atoms with Gasteiger partial charge in [0.25, 0.3) is 5.91 Å². The van der Waals surface area contributed by atoms with Gasteiger partial charge in [0, 0.05) is 13.5 Å². The van der Waals surface area contributed by atoms with Crippen molar-refractivity contribution < 1.29 is 33.4 Å². The van der Waals surface area contributed by atoms with Crippen molar-refractivity contribution in [2.45, 2.75) is 136 Å². The highest BCUT2D eigenvalue weighted by atomic mass is 16.6. The molecule has 1 aliphatic carbocycles. The number of carbonyl (C=O) groups is 5. The predicted octanol–water partition coefficient (Wildman–Crippen LogP) is 3.18. The van der Waals surface area contributed by atoms with Crippen molar-refractivity contribution >= 4 is 29.8 Å². The Morgan fingerprint density at radius 2 is 1.56 bits per heavy atom. The number of hydrogen-bond donors (Lipinski definition) is 3. The lowest BCUT2D eigenvalue weighted by atomic mass is 9.97. The van der Waals surface area contributed by atoms with Gasteiger partial charge in [0.15, 0.2) is 6.10 Å². The van der Waals surface area contributed by atoms with Crippen LogP contribution in [0.4, 0.5) is 4.79 Å². The van der Waals surface area contributed by atoms with E-state index >= 15 is 0 Å². The number of nitrogens with one attached hydrogen (secondary N) is 2. The van der Waals surface area contributed by atoms with Gasteiger partial charge in [-0.25, -0.2) is 4.79 Å². The number of ether oxygens (including phenoxy) is 2. The fourth-order valence-electron chi connectivity index (χ4n) is 6.58. The van der Waals surface area contributed by atoms with E-state index in [1.54, 1.807) is 25.7 Å². The Morgan fingerprint density at radius 1 is 1.00 bits per heavy atom. The first kappa shape index (κ1) is 32.7. The minimum Gasteiger partial charge on any atom is -0.450 e. The van der Waals surface area contributed by atoms with Gasteiger partial charge in [-0.15, -0.1) is 0 Å². The molecule has 4 amide bonds. The van der Waals surface area contributed by atoms with Crippen molar-refractivity contribution in [2.24, 2.45) is 23.0 Å². The first-order chi connectivity index (χ1) is 19.1. The molecule has 11 nitrogen and oxygen atoms in total. The lowest BCUT2D eigenvalue weighted by Crippen LogP contribution is -2.59. The zero-order valence-electron chi connectivity index (χ0n) is 25.6. The Balaban J connectivity index is 1.90. The summed E-state index contributed by atoms with van der Waals surface area (Å²) in [6.07, 6.45) is 6.35. The highest BCUT2D eigenvalue weighted by Crippen LogP contribution is 2.65. The van der Waals surface area contributed by atoms with E-state index in [2.05, 4.69) is 24.5 Å². The molecule has 2 saturated heterocycles. The average Bonchev–Trinajstić information content (AvgIpc) is 3.18. The molecule has 3 aliphatic rings. The van der Waals surface area contributed by atoms with Gasteiger partial charge >= 0.3 is 12.1 Å². The molecule has 232 valence electrons. The van der Waals surface area contributed by atoms with Gasteiger partial charge in [-0.3, -0.25) is 19.2 Å². The minimum atomic E-state index is -1.31. The Bertz CT molecular complexity index is 992. The van der Waals surface area contributed by atoms with Gasteiger partial charge in [-0.2, -0.15) is 0 Å². The van der Waals surface area contributed by atoms with E-state index in [9.17, 15) is 24.0 Å². The molecule has 1 unspecified atom stereocenters. The SMILES string of the molecule is CC(=O)OC(C(N)=O)[C@@H]1CCCCCCCCCC[C@H](NC(=O)OC(C)(C)C)C(=O)N2C[C@H]3[C@@H]([C@H]2C(=O)N1)C3(C)C. The van der Waals surface area contributed by atoms with Crippen molar-refractivity contribution in [1.29, 1.82) is 0 Å². The van der Waals surface area contributed by atoms with E-state index in [-0.39, 0.29) is 23.2 Å². The third-order valence-corrected chi connectivity index (χ3v) is 8.77. The van der Waals surface area contributed by atoms with Crippen LogP contribution in [0.1, 0.15) is 106 Å². The monoisotopic (exact) mass is 578 g/mol. The number of hydrogen-bond acceptors (Lipinski definition) is 7. The summed E-state index contributed by atoms with van der Waals surface area (Å²) in [6.45, 7) is 11.0. The third kappa shape index (κ3) is 8.58. The summed E-state index contributed by atoms with van der Waals surface area (Å²) in [5.41, 5.74) is 4.75. The molecule has 0 aromatic carbocycles. The fourth-order valence-corrected chi connectivity index (χ4v) is 6.58. The number of piperidine rings is 1. The summed E-state index contributed by atoms with van der Waals surface area (Å²) in [5.74, 6) is -2.15. The molecular weight excluding hydrogens is 528 g/mol. The highest BCUT2D eigenvalue weighted by Gasteiger charge is 2.69. The molecule has 0 aromatic rings. The molecule has 4 N–H and O–H groups in total. The van der Waals surface area contributed by atoms with Crippen molar-refractivity contribution in [2.75, 3.05) is 6.54 Å². The maximum Gasteiger partial charge on any atom is 0.408 e. The number of nitrogens with zero attached hydrogens (tertiary/aromatic N) is 1. The van der Waals surface area contributed by atoms with Crippen LogP contribution in [0.3, 0.4) is 0 Å². The highest BCUT2D eigenvalue weighted by molar-refractivity contribution is 5.93. The molecule has 41 heavy (non-hydrogen) atoms. The Kier molecular flexibility index (Phi) is 10.7. The van der Waals surface area contributed by atoms with E-state index in [1.165, 1.54) is 6.92 Å². The number of nitrogens with two attached hydrogens (primary N) is 1. The van der Waals surface area contributed by atoms with Crippen LogP contribution < -0.4 is 16.4 Å². The summed E-state index contributed by atoms with van der Waals surface area (Å²) in [6, 6.07) is -2.42. The number of amides is 4.